The fourth-order valence-corrected chi connectivity index (χ4v) is 2.39. The van der Waals surface area contributed by atoms with Crippen LogP contribution < -0.4 is 5.32 Å². The number of nitrogens with zero attached hydrogens (tertiary/aromatic N) is 4. The molecule has 0 spiro atoms. The Morgan fingerprint density at radius 1 is 1.15 bits per heavy atom. The zero-order chi connectivity index (χ0) is 13.9. The highest BCUT2D eigenvalue weighted by atomic mass is 15.3. The summed E-state index contributed by atoms with van der Waals surface area (Å²) in [6.45, 7) is 4.55. The van der Waals surface area contributed by atoms with Gasteiger partial charge in [0.25, 0.3) is 0 Å². The monoisotopic (exact) mass is 269 g/mol. The second kappa shape index (κ2) is 5.46. The van der Waals surface area contributed by atoms with Crippen molar-refractivity contribution in [3.8, 4) is 0 Å². The van der Waals surface area contributed by atoms with Crippen molar-refractivity contribution in [3.05, 3.63) is 47.9 Å². The SMILES string of the molecule is CCNCc1nn(Cc2ccn(C)n2)c2ccccc12. The number of rotatable bonds is 5. The van der Waals surface area contributed by atoms with Crippen LogP contribution in [0.4, 0.5) is 0 Å². The molecule has 5 nitrogen and oxygen atoms in total. The lowest BCUT2D eigenvalue weighted by atomic mass is 10.2. The van der Waals surface area contributed by atoms with Crippen LogP contribution in [0.1, 0.15) is 18.3 Å². The molecule has 0 amide bonds. The largest absolute Gasteiger partial charge is 0.311 e. The Bertz CT molecular complexity index is 710. The number of nitrogens with one attached hydrogen (secondary N) is 1. The third kappa shape index (κ3) is 2.44. The molecule has 0 radical (unpaired) electrons. The van der Waals surface area contributed by atoms with Crippen molar-refractivity contribution < 1.29 is 0 Å². The van der Waals surface area contributed by atoms with Crippen molar-refractivity contribution in [2.24, 2.45) is 7.05 Å². The lowest BCUT2D eigenvalue weighted by Crippen LogP contribution is -2.13. The quantitative estimate of drug-likeness (QED) is 0.770. The van der Waals surface area contributed by atoms with Gasteiger partial charge in [0.05, 0.1) is 23.4 Å². The van der Waals surface area contributed by atoms with E-state index < -0.39 is 0 Å². The summed E-state index contributed by atoms with van der Waals surface area (Å²) >= 11 is 0. The molecule has 2 heterocycles. The molecule has 3 rings (SSSR count). The van der Waals surface area contributed by atoms with Gasteiger partial charge in [-0.3, -0.25) is 9.36 Å². The Morgan fingerprint density at radius 2 is 2.00 bits per heavy atom. The second-order valence-electron chi connectivity index (χ2n) is 4.88. The summed E-state index contributed by atoms with van der Waals surface area (Å²) in [7, 11) is 1.93. The molecule has 0 saturated carbocycles. The number of para-hydroxylation sites is 1. The molecule has 0 bridgehead atoms. The van der Waals surface area contributed by atoms with Gasteiger partial charge in [-0.1, -0.05) is 25.1 Å². The fourth-order valence-electron chi connectivity index (χ4n) is 2.39. The smallest absolute Gasteiger partial charge is 0.0857 e. The van der Waals surface area contributed by atoms with Crippen molar-refractivity contribution in [2.45, 2.75) is 20.0 Å². The third-order valence-electron chi connectivity index (χ3n) is 3.36. The van der Waals surface area contributed by atoms with Crippen LogP contribution in [0.3, 0.4) is 0 Å². The normalized spacial score (nSPS) is 11.3. The highest BCUT2D eigenvalue weighted by molar-refractivity contribution is 5.82. The first-order chi connectivity index (χ1) is 9.78. The van der Waals surface area contributed by atoms with Crippen LogP contribution in [-0.2, 0) is 20.1 Å². The van der Waals surface area contributed by atoms with Crippen molar-refractivity contribution in [2.75, 3.05) is 6.54 Å². The molecule has 2 aromatic heterocycles. The number of aromatic nitrogens is 4. The van der Waals surface area contributed by atoms with Gasteiger partial charge in [0, 0.05) is 25.2 Å². The highest BCUT2D eigenvalue weighted by Gasteiger charge is 2.10. The number of aryl methyl sites for hydroxylation is 1. The van der Waals surface area contributed by atoms with E-state index in [9.17, 15) is 0 Å². The molecule has 0 atom stereocenters. The van der Waals surface area contributed by atoms with Gasteiger partial charge in [0.1, 0.15) is 0 Å². The molecule has 0 aliphatic rings. The van der Waals surface area contributed by atoms with E-state index in [0.29, 0.717) is 6.54 Å². The predicted molar refractivity (Wildman–Crippen MR) is 79.4 cm³/mol. The summed E-state index contributed by atoms with van der Waals surface area (Å²) < 4.78 is 3.85. The number of fused-ring (bicyclic) bond motifs is 1. The highest BCUT2D eigenvalue weighted by Crippen LogP contribution is 2.19. The van der Waals surface area contributed by atoms with Crippen molar-refractivity contribution in [3.63, 3.8) is 0 Å². The molecule has 1 aromatic carbocycles. The maximum absolute atomic E-state index is 4.74. The Kier molecular flexibility index (Phi) is 3.52. The van der Waals surface area contributed by atoms with Crippen LogP contribution in [0, 0.1) is 0 Å². The zero-order valence-electron chi connectivity index (χ0n) is 11.9. The predicted octanol–water partition coefficient (Wildman–Crippen LogP) is 1.93. The minimum absolute atomic E-state index is 0.702. The van der Waals surface area contributed by atoms with E-state index in [1.54, 1.807) is 0 Å². The summed E-state index contributed by atoms with van der Waals surface area (Å²) in [6, 6.07) is 10.4. The lowest BCUT2D eigenvalue weighted by Gasteiger charge is -2.00. The molecule has 104 valence electrons. The van der Waals surface area contributed by atoms with E-state index in [-0.39, 0.29) is 0 Å². The van der Waals surface area contributed by atoms with Crippen LogP contribution in [0.25, 0.3) is 10.9 Å². The van der Waals surface area contributed by atoms with E-state index in [1.165, 1.54) is 5.39 Å². The molecular weight excluding hydrogens is 250 g/mol. The minimum Gasteiger partial charge on any atom is -0.311 e. The summed E-state index contributed by atoms with van der Waals surface area (Å²) in [4.78, 5) is 0. The van der Waals surface area contributed by atoms with Gasteiger partial charge in [-0.25, -0.2) is 0 Å². The van der Waals surface area contributed by atoms with E-state index in [0.717, 1.165) is 30.0 Å². The molecule has 0 aliphatic carbocycles. The first kappa shape index (κ1) is 12.9. The standard InChI is InChI=1S/C15H19N5/c1-3-16-10-14-13-6-4-5-7-15(13)20(18-14)11-12-8-9-19(2)17-12/h4-9,16H,3,10-11H2,1-2H3. The molecule has 3 aromatic rings. The number of benzene rings is 1. The molecule has 1 N–H and O–H groups in total. The minimum atomic E-state index is 0.702. The Morgan fingerprint density at radius 3 is 2.75 bits per heavy atom. The van der Waals surface area contributed by atoms with Crippen LogP contribution >= 0.6 is 0 Å². The summed E-state index contributed by atoms with van der Waals surface area (Å²) in [5.41, 5.74) is 3.28. The summed E-state index contributed by atoms with van der Waals surface area (Å²) in [5, 5.41) is 13.7. The van der Waals surface area contributed by atoms with Gasteiger partial charge in [0.15, 0.2) is 0 Å². The Labute approximate surface area is 118 Å². The van der Waals surface area contributed by atoms with Crippen LogP contribution in [0.2, 0.25) is 0 Å². The third-order valence-corrected chi connectivity index (χ3v) is 3.36. The van der Waals surface area contributed by atoms with Crippen molar-refractivity contribution >= 4 is 10.9 Å². The van der Waals surface area contributed by atoms with E-state index in [1.807, 2.05) is 28.7 Å². The van der Waals surface area contributed by atoms with Crippen molar-refractivity contribution in [1.82, 2.24) is 24.9 Å². The summed E-state index contributed by atoms with van der Waals surface area (Å²) in [6.07, 6.45) is 1.96. The molecule has 20 heavy (non-hydrogen) atoms. The van der Waals surface area contributed by atoms with Crippen LogP contribution in [0.5, 0.6) is 0 Å². The van der Waals surface area contributed by atoms with Gasteiger partial charge in [0.2, 0.25) is 0 Å². The van der Waals surface area contributed by atoms with E-state index in [2.05, 4.69) is 41.6 Å². The molecule has 5 heteroatoms. The van der Waals surface area contributed by atoms with Gasteiger partial charge in [-0.15, -0.1) is 0 Å². The van der Waals surface area contributed by atoms with Gasteiger partial charge < -0.3 is 5.32 Å². The average molecular weight is 269 g/mol. The van der Waals surface area contributed by atoms with Gasteiger partial charge in [-0.2, -0.15) is 10.2 Å². The van der Waals surface area contributed by atoms with Gasteiger partial charge in [-0.05, 0) is 18.7 Å². The van der Waals surface area contributed by atoms with Gasteiger partial charge >= 0.3 is 0 Å². The van der Waals surface area contributed by atoms with Crippen LogP contribution in [-0.4, -0.2) is 26.1 Å². The topological polar surface area (TPSA) is 47.7 Å². The van der Waals surface area contributed by atoms with E-state index >= 15 is 0 Å². The second-order valence-corrected chi connectivity index (χ2v) is 4.88. The van der Waals surface area contributed by atoms with E-state index in [4.69, 9.17) is 5.10 Å². The average Bonchev–Trinajstić information content (AvgIpc) is 3.02. The first-order valence-corrected chi connectivity index (χ1v) is 6.91. The molecular formula is C15H19N5. The molecule has 0 saturated heterocycles. The molecule has 0 aliphatic heterocycles. The molecule has 0 unspecified atom stereocenters. The van der Waals surface area contributed by atoms with Crippen LogP contribution in [0.15, 0.2) is 36.5 Å². The Hall–Kier alpha value is -2.14. The number of hydrogen-bond donors (Lipinski definition) is 1. The molecule has 0 fully saturated rings. The Balaban J connectivity index is 1.97. The first-order valence-electron chi connectivity index (χ1n) is 6.91. The maximum atomic E-state index is 4.74. The fraction of sp³-hybridized carbons (Fsp3) is 0.333. The van der Waals surface area contributed by atoms with Crippen molar-refractivity contribution in [1.29, 1.82) is 0 Å². The zero-order valence-corrected chi connectivity index (χ0v) is 11.9. The summed E-state index contributed by atoms with van der Waals surface area (Å²) in [5.74, 6) is 0. The lowest BCUT2D eigenvalue weighted by molar-refractivity contribution is 0.638. The number of hydrogen-bond acceptors (Lipinski definition) is 3. The maximum Gasteiger partial charge on any atom is 0.0857 e.